The van der Waals surface area contributed by atoms with Gasteiger partial charge in [0, 0.05) is 12.1 Å². The summed E-state index contributed by atoms with van der Waals surface area (Å²) >= 11 is 5.94. The summed E-state index contributed by atoms with van der Waals surface area (Å²) in [6.45, 7) is 0. The van der Waals surface area contributed by atoms with Crippen molar-refractivity contribution in [2.75, 3.05) is 14.2 Å². The standard InChI is InChI=1S/C16H18ClNO/c1-18-15(12-8-10-14(17)11-9-12)16(19-2)13-6-4-3-5-7-13/h3-11,15-16,18H,1-2H3. The van der Waals surface area contributed by atoms with Gasteiger partial charge in [-0.25, -0.2) is 0 Å². The topological polar surface area (TPSA) is 21.3 Å². The van der Waals surface area contributed by atoms with Crippen LogP contribution < -0.4 is 5.32 Å². The van der Waals surface area contributed by atoms with E-state index >= 15 is 0 Å². The number of rotatable bonds is 5. The van der Waals surface area contributed by atoms with Gasteiger partial charge in [-0.2, -0.15) is 0 Å². The highest BCUT2D eigenvalue weighted by molar-refractivity contribution is 6.30. The van der Waals surface area contributed by atoms with Gasteiger partial charge in [-0.3, -0.25) is 0 Å². The number of nitrogens with one attached hydrogen (secondary N) is 1. The van der Waals surface area contributed by atoms with Gasteiger partial charge in [-0.1, -0.05) is 54.1 Å². The van der Waals surface area contributed by atoms with Gasteiger partial charge in [0.15, 0.2) is 0 Å². The lowest BCUT2D eigenvalue weighted by atomic mass is 9.96. The Morgan fingerprint density at radius 2 is 1.58 bits per heavy atom. The average Bonchev–Trinajstić information content (AvgIpc) is 2.47. The summed E-state index contributed by atoms with van der Waals surface area (Å²) in [7, 11) is 3.67. The molecule has 0 saturated carbocycles. The number of likely N-dealkylation sites (N-methyl/N-ethyl adjacent to an activating group) is 1. The van der Waals surface area contributed by atoms with Crippen molar-refractivity contribution in [1.82, 2.24) is 5.32 Å². The van der Waals surface area contributed by atoms with Gasteiger partial charge in [-0.05, 0) is 30.3 Å². The van der Waals surface area contributed by atoms with E-state index in [1.807, 2.05) is 49.5 Å². The lowest BCUT2D eigenvalue weighted by molar-refractivity contribution is 0.0702. The number of hydrogen-bond donors (Lipinski definition) is 1. The van der Waals surface area contributed by atoms with E-state index in [0.29, 0.717) is 0 Å². The van der Waals surface area contributed by atoms with E-state index in [1.54, 1.807) is 7.11 Å². The molecule has 2 unspecified atom stereocenters. The van der Waals surface area contributed by atoms with Crippen molar-refractivity contribution in [3.63, 3.8) is 0 Å². The molecule has 2 nitrogen and oxygen atoms in total. The zero-order valence-corrected chi connectivity index (χ0v) is 11.9. The summed E-state index contributed by atoms with van der Waals surface area (Å²) in [4.78, 5) is 0. The normalized spacial score (nSPS) is 14.1. The SMILES string of the molecule is CNC(c1ccc(Cl)cc1)C(OC)c1ccccc1. The van der Waals surface area contributed by atoms with Crippen molar-refractivity contribution in [1.29, 1.82) is 0 Å². The monoisotopic (exact) mass is 275 g/mol. The molecule has 2 aromatic rings. The van der Waals surface area contributed by atoms with Crippen molar-refractivity contribution in [2.45, 2.75) is 12.1 Å². The second kappa shape index (κ2) is 6.71. The molecule has 19 heavy (non-hydrogen) atoms. The lowest BCUT2D eigenvalue weighted by Crippen LogP contribution is -2.25. The van der Waals surface area contributed by atoms with E-state index in [9.17, 15) is 0 Å². The van der Waals surface area contributed by atoms with Gasteiger partial charge in [0.25, 0.3) is 0 Å². The van der Waals surface area contributed by atoms with Crippen LogP contribution in [0.5, 0.6) is 0 Å². The predicted octanol–water partition coefficient (Wildman–Crippen LogP) is 3.99. The third-order valence-electron chi connectivity index (χ3n) is 3.22. The van der Waals surface area contributed by atoms with Crippen LogP contribution in [0.25, 0.3) is 0 Å². The second-order valence-corrected chi connectivity index (χ2v) is 4.82. The lowest BCUT2D eigenvalue weighted by Gasteiger charge is -2.26. The molecule has 2 aromatic carbocycles. The number of halogens is 1. The van der Waals surface area contributed by atoms with Crippen LogP contribution in [0, 0.1) is 0 Å². The van der Waals surface area contributed by atoms with E-state index in [-0.39, 0.29) is 12.1 Å². The first-order valence-corrected chi connectivity index (χ1v) is 6.64. The van der Waals surface area contributed by atoms with Crippen LogP contribution in [0.4, 0.5) is 0 Å². The van der Waals surface area contributed by atoms with Crippen molar-refractivity contribution in [3.05, 3.63) is 70.7 Å². The van der Waals surface area contributed by atoms with Gasteiger partial charge < -0.3 is 10.1 Å². The largest absolute Gasteiger partial charge is 0.375 e. The number of benzene rings is 2. The third-order valence-corrected chi connectivity index (χ3v) is 3.48. The maximum atomic E-state index is 5.94. The van der Waals surface area contributed by atoms with Crippen LogP contribution in [-0.2, 0) is 4.74 Å². The first-order valence-electron chi connectivity index (χ1n) is 6.26. The van der Waals surface area contributed by atoms with Crippen LogP contribution in [0.15, 0.2) is 54.6 Å². The quantitative estimate of drug-likeness (QED) is 0.891. The summed E-state index contributed by atoms with van der Waals surface area (Å²) in [6.07, 6.45) is -0.0348. The van der Waals surface area contributed by atoms with Crippen molar-refractivity contribution in [2.24, 2.45) is 0 Å². The van der Waals surface area contributed by atoms with E-state index < -0.39 is 0 Å². The minimum atomic E-state index is -0.0348. The van der Waals surface area contributed by atoms with Crippen LogP contribution in [0.2, 0.25) is 5.02 Å². The van der Waals surface area contributed by atoms with E-state index in [2.05, 4.69) is 17.4 Å². The Balaban J connectivity index is 2.31. The Morgan fingerprint density at radius 3 is 2.11 bits per heavy atom. The van der Waals surface area contributed by atoms with Crippen LogP contribution in [-0.4, -0.2) is 14.2 Å². The van der Waals surface area contributed by atoms with Gasteiger partial charge in [-0.15, -0.1) is 0 Å². The van der Waals surface area contributed by atoms with E-state index in [0.717, 1.165) is 16.1 Å². The molecule has 0 radical (unpaired) electrons. The highest BCUT2D eigenvalue weighted by Crippen LogP contribution is 2.31. The zero-order chi connectivity index (χ0) is 13.7. The highest BCUT2D eigenvalue weighted by atomic mass is 35.5. The molecule has 1 N–H and O–H groups in total. The van der Waals surface area contributed by atoms with E-state index in [4.69, 9.17) is 16.3 Å². The summed E-state index contributed by atoms with van der Waals surface area (Å²) < 4.78 is 5.68. The summed E-state index contributed by atoms with van der Waals surface area (Å²) in [5, 5.41) is 4.06. The molecule has 0 saturated heterocycles. The molecule has 0 heterocycles. The molecular weight excluding hydrogens is 258 g/mol. The van der Waals surface area contributed by atoms with Crippen LogP contribution in [0.1, 0.15) is 23.3 Å². The van der Waals surface area contributed by atoms with E-state index in [1.165, 1.54) is 0 Å². The fourth-order valence-electron chi connectivity index (χ4n) is 2.27. The van der Waals surface area contributed by atoms with Gasteiger partial charge in [0.05, 0.1) is 6.04 Å². The summed E-state index contributed by atoms with van der Waals surface area (Å²) in [5.41, 5.74) is 2.31. The Kier molecular flexibility index (Phi) is 4.97. The molecule has 0 spiro atoms. The molecular formula is C16H18ClNO. The first-order chi connectivity index (χ1) is 9.26. The number of methoxy groups -OCH3 is 1. The number of ether oxygens (including phenoxy) is 1. The van der Waals surface area contributed by atoms with Gasteiger partial charge >= 0.3 is 0 Å². The second-order valence-electron chi connectivity index (χ2n) is 4.38. The highest BCUT2D eigenvalue weighted by Gasteiger charge is 2.22. The van der Waals surface area contributed by atoms with Crippen LogP contribution in [0.3, 0.4) is 0 Å². The maximum absolute atomic E-state index is 5.94. The molecule has 100 valence electrons. The molecule has 0 fully saturated rings. The number of hydrogen-bond acceptors (Lipinski definition) is 2. The van der Waals surface area contributed by atoms with Crippen molar-refractivity contribution < 1.29 is 4.74 Å². The predicted molar refractivity (Wildman–Crippen MR) is 79.4 cm³/mol. The van der Waals surface area contributed by atoms with Crippen LogP contribution >= 0.6 is 11.6 Å². The van der Waals surface area contributed by atoms with Crippen molar-refractivity contribution >= 4 is 11.6 Å². The fourth-order valence-corrected chi connectivity index (χ4v) is 2.40. The van der Waals surface area contributed by atoms with Crippen molar-refractivity contribution in [3.8, 4) is 0 Å². The molecule has 0 bridgehead atoms. The molecule has 0 aromatic heterocycles. The van der Waals surface area contributed by atoms with Gasteiger partial charge in [0.1, 0.15) is 6.10 Å². The Bertz CT molecular complexity index is 498. The summed E-state index contributed by atoms with van der Waals surface area (Å²) in [5.74, 6) is 0. The molecule has 0 amide bonds. The maximum Gasteiger partial charge on any atom is 0.102 e. The molecule has 3 heteroatoms. The third kappa shape index (κ3) is 3.35. The van der Waals surface area contributed by atoms with Gasteiger partial charge in [0.2, 0.25) is 0 Å². The molecule has 0 aliphatic heterocycles. The molecule has 2 atom stereocenters. The molecule has 0 aliphatic rings. The molecule has 2 rings (SSSR count). The molecule has 0 aliphatic carbocycles. The average molecular weight is 276 g/mol. The Morgan fingerprint density at radius 1 is 0.947 bits per heavy atom. The smallest absolute Gasteiger partial charge is 0.102 e. The minimum Gasteiger partial charge on any atom is -0.375 e. The Hall–Kier alpha value is -1.35. The Labute approximate surface area is 119 Å². The summed E-state index contributed by atoms with van der Waals surface area (Å²) in [6, 6.07) is 18.2. The fraction of sp³-hybridized carbons (Fsp3) is 0.250. The zero-order valence-electron chi connectivity index (χ0n) is 11.1. The minimum absolute atomic E-state index is 0.0348. The first kappa shape index (κ1) is 14.1.